The molecule has 0 fully saturated rings. The maximum atomic E-state index is 11.9. The molecule has 0 aliphatic rings. The van der Waals surface area contributed by atoms with Crippen LogP contribution in [0.5, 0.6) is 0 Å². The summed E-state index contributed by atoms with van der Waals surface area (Å²) in [5, 5.41) is 7.43. The summed E-state index contributed by atoms with van der Waals surface area (Å²) in [6.07, 6.45) is 4.30. The maximum absolute atomic E-state index is 11.9. The lowest BCUT2D eigenvalue weighted by atomic mass is 10.1. The van der Waals surface area contributed by atoms with Crippen LogP contribution in [0.2, 0.25) is 0 Å². The number of aryl methyl sites for hydroxylation is 1. The molecular formula is C18H21N5O. The van der Waals surface area contributed by atoms with Crippen LogP contribution in [-0.2, 0) is 13.0 Å². The number of nitrogens with one attached hydrogen (secondary N) is 2. The predicted octanol–water partition coefficient (Wildman–Crippen LogP) is 2.69. The third-order valence-corrected chi connectivity index (χ3v) is 3.98. The van der Waals surface area contributed by atoms with E-state index in [1.165, 1.54) is 11.1 Å². The fourth-order valence-electron chi connectivity index (χ4n) is 2.62. The molecule has 0 amide bonds. The predicted molar refractivity (Wildman–Crippen MR) is 94.0 cm³/mol. The largest absolute Gasteiger partial charge is 0.352 e. The molecule has 2 heterocycles. The van der Waals surface area contributed by atoms with Crippen molar-refractivity contribution in [2.24, 2.45) is 0 Å². The Morgan fingerprint density at radius 1 is 1.29 bits per heavy atom. The molecule has 3 aromatic rings. The van der Waals surface area contributed by atoms with Gasteiger partial charge in [-0.3, -0.25) is 14.5 Å². The molecule has 0 aliphatic heterocycles. The van der Waals surface area contributed by atoms with E-state index in [4.69, 9.17) is 0 Å². The minimum Gasteiger partial charge on any atom is -0.352 e. The first-order valence-corrected chi connectivity index (χ1v) is 7.99. The summed E-state index contributed by atoms with van der Waals surface area (Å²) >= 11 is 0. The molecule has 0 bridgehead atoms. The van der Waals surface area contributed by atoms with Crippen molar-refractivity contribution >= 4 is 5.95 Å². The van der Waals surface area contributed by atoms with Gasteiger partial charge in [0, 0.05) is 31.4 Å². The second kappa shape index (κ2) is 7.12. The molecule has 1 unspecified atom stereocenters. The maximum Gasteiger partial charge on any atom is 0.252 e. The monoisotopic (exact) mass is 323 g/mol. The fraction of sp³-hybridized carbons (Fsp3) is 0.278. The van der Waals surface area contributed by atoms with Crippen LogP contribution in [0.1, 0.15) is 29.8 Å². The van der Waals surface area contributed by atoms with Gasteiger partial charge in [0.2, 0.25) is 5.95 Å². The van der Waals surface area contributed by atoms with Crippen molar-refractivity contribution in [3.05, 3.63) is 76.0 Å². The third-order valence-electron chi connectivity index (χ3n) is 3.98. The molecule has 24 heavy (non-hydrogen) atoms. The lowest BCUT2D eigenvalue weighted by Crippen LogP contribution is -2.17. The number of hydrogen-bond donors (Lipinski definition) is 2. The van der Waals surface area contributed by atoms with E-state index in [1.54, 1.807) is 12.3 Å². The second-order valence-corrected chi connectivity index (χ2v) is 5.90. The Labute approximate surface area is 140 Å². The zero-order valence-corrected chi connectivity index (χ0v) is 13.9. The normalized spacial score (nSPS) is 12.1. The van der Waals surface area contributed by atoms with Crippen LogP contribution in [0.3, 0.4) is 0 Å². The molecule has 3 rings (SSSR count). The first kappa shape index (κ1) is 16.0. The first-order chi connectivity index (χ1) is 11.6. The summed E-state index contributed by atoms with van der Waals surface area (Å²) in [6.45, 7) is 4.74. The summed E-state index contributed by atoms with van der Waals surface area (Å²) in [5.74, 6) is 0.494. The minimum atomic E-state index is -0.153. The van der Waals surface area contributed by atoms with Gasteiger partial charge in [0.15, 0.2) is 0 Å². The van der Waals surface area contributed by atoms with Gasteiger partial charge in [-0.2, -0.15) is 5.10 Å². The molecule has 1 atom stereocenters. The van der Waals surface area contributed by atoms with Crippen LogP contribution in [-0.4, -0.2) is 19.7 Å². The topological polar surface area (TPSA) is 75.6 Å². The molecule has 1 aromatic carbocycles. The van der Waals surface area contributed by atoms with Crippen LogP contribution in [0.15, 0.2) is 53.6 Å². The average molecular weight is 323 g/mol. The summed E-state index contributed by atoms with van der Waals surface area (Å²) < 4.78 is 1.86. The van der Waals surface area contributed by atoms with Gasteiger partial charge < -0.3 is 5.32 Å². The van der Waals surface area contributed by atoms with E-state index in [9.17, 15) is 4.79 Å². The van der Waals surface area contributed by atoms with E-state index in [2.05, 4.69) is 46.4 Å². The quantitative estimate of drug-likeness (QED) is 0.731. The Balaban J connectivity index is 1.72. The molecule has 2 aromatic heterocycles. The van der Waals surface area contributed by atoms with Crippen molar-refractivity contribution in [1.82, 2.24) is 19.7 Å². The summed E-state index contributed by atoms with van der Waals surface area (Å²) in [4.78, 5) is 19.2. The minimum absolute atomic E-state index is 0.138. The van der Waals surface area contributed by atoms with E-state index >= 15 is 0 Å². The second-order valence-electron chi connectivity index (χ2n) is 5.90. The van der Waals surface area contributed by atoms with E-state index in [0.717, 1.165) is 5.69 Å². The van der Waals surface area contributed by atoms with Gasteiger partial charge in [-0.05, 0) is 31.0 Å². The van der Waals surface area contributed by atoms with E-state index < -0.39 is 0 Å². The van der Waals surface area contributed by atoms with Gasteiger partial charge in [0.25, 0.3) is 5.56 Å². The molecule has 0 aliphatic carbocycles. The Morgan fingerprint density at radius 2 is 2.12 bits per heavy atom. The highest BCUT2D eigenvalue weighted by molar-refractivity contribution is 5.32. The lowest BCUT2D eigenvalue weighted by molar-refractivity contribution is 0.484. The number of anilines is 1. The summed E-state index contributed by atoms with van der Waals surface area (Å²) in [5.41, 5.74) is 2.97. The number of aromatic amines is 1. The van der Waals surface area contributed by atoms with Gasteiger partial charge in [0.1, 0.15) is 0 Å². The van der Waals surface area contributed by atoms with Crippen LogP contribution in [0.4, 0.5) is 5.95 Å². The summed E-state index contributed by atoms with van der Waals surface area (Å²) in [6, 6.07) is 11.7. The molecule has 0 spiro atoms. The number of hydrogen-bond acceptors (Lipinski definition) is 4. The number of benzene rings is 1. The van der Waals surface area contributed by atoms with Gasteiger partial charge in [-0.25, -0.2) is 4.98 Å². The highest BCUT2D eigenvalue weighted by Crippen LogP contribution is 2.12. The molecule has 6 heteroatoms. The number of aromatic nitrogens is 4. The Bertz CT molecular complexity index is 854. The van der Waals surface area contributed by atoms with E-state index in [1.807, 2.05) is 29.1 Å². The number of rotatable bonds is 6. The van der Waals surface area contributed by atoms with Crippen molar-refractivity contribution in [3.63, 3.8) is 0 Å². The van der Waals surface area contributed by atoms with Gasteiger partial charge in [-0.15, -0.1) is 0 Å². The Morgan fingerprint density at radius 3 is 2.88 bits per heavy atom. The molecular weight excluding hydrogens is 302 g/mol. The molecule has 0 saturated heterocycles. The number of nitrogens with zero attached hydrogens (tertiary/aromatic N) is 3. The highest BCUT2D eigenvalue weighted by atomic mass is 16.1. The zero-order valence-electron chi connectivity index (χ0n) is 13.9. The van der Waals surface area contributed by atoms with Crippen molar-refractivity contribution in [1.29, 1.82) is 0 Å². The van der Waals surface area contributed by atoms with Gasteiger partial charge in [0.05, 0.1) is 11.7 Å². The van der Waals surface area contributed by atoms with Gasteiger partial charge in [-0.1, -0.05) is 24.3 Å². The highest BCUT2D eigenvalue weighted by Gasteiger charge is 2.09. The fourth-order valence-corrected chi connectivity index (χ4v) is 2.62. The van der Waals surface area contributed by atoms with Crippen molar-refractivity contribution in [2.75, 3.05) is 5.32 Å². The molecule has 124 valence electrons. The van der Waals surface area contributed by atoms with Crippen molar-refractivity contribution in [3.8, 4) is 0 Å². The first-order valence-electron chi connectivity index (χ1n) is 7.99. The van der Waals surface area contributed by atoms with Crippen molar-refractivity contribution < 1.29 is 0 Å². The molecule has 6 nitrogen and oxygen atoms in total. The standard InChI is InChI=1S/C18H21N5O/c1-13-6-3-4-7-15(13)12-19-18-21-16(11-17(24)22-18)10-14(2)23-9-5-8-20-23/h3-9,11,14H,10,12H2,1-2H3,(H2,19,21,22,24). The number of H-pyrrole nitrogens is 1. The SMILES string of the molecule is Cc1ccccc1CNc1nc(CC(C)n2cccn2)cc(=O)[nH]1. The van der Waals surface area contributed by atoms with Crippen molar-refractivity contribution in [2.45, 2.75) is 32.9 Å². The molecule has 0 radical (unpaired) electrons. The molecule has 0 saturated carbocycles. The third kappa shape index (κ3) is 3.90. The van der Waals surface area contributed by atoms with Crippen LogP contribution >= 0.6 is 0 Å². The zero-order chi connectivity index (χ0) is 16.9. The Hall–Kier alpha value is -2.89. The average Bonchev–Trinajstić information content (AvgIpc) is 3.08. The van der Waals surface area contributed by atoms with Crippen LogP contribution in [0.25, 0.3) is 0 Å². The van der Waals surface area contributed by atoms with Crippen LogP contribution < -0.4 is 10.9 Å². The lowest BCUT2D eigenvalue weighted by Gasteiger charge is -2.13. The van der Waals surface area contributed by atoms with E-state index in [-0.39, 0.29) is 11.6 Å². The summed E-state index contributed by atoms with van der Waals surface area (Å²) in [7, 11) is 0. The Kier molecular flexibility index (Phi) is 4.74. The van der Waals surface area contributed by atoms with Gasteiger partial charge >= 0.3 is 0 Å². The molecule has 2 N–H and O–H groups in total. The van der Waals surface area contributed by atoms with E-state index in [0.29, 0.717) is 18.9 Å². The van der Waals surface area contributed by atoms with Crippen LogP contribution in [0, 0.1) is 6.92 Å². The smallest absolute Gasteiger partial charge is 0.252 e.